The smallest absolute Gasteiger partial charge is 0.335 e. The maximum atomic E-state index is 11.5. The molecule has 0 aliphatic carbocycles. The number of ether oxygens (including phenoxy) is 3. The molecule has 23 heavy (non-hydrogen) atoms. The molecule has 1 N–H and O–H groups in total. The Labute approximate surface area is 140 Å². The molecular weight excluding hydrogens is 322 g/mol. The van der Waals surface area contributed by atoms with Crippen LogP contribution >= 0.6 is 11.6 Å². The van der Waals surface area contributed by atoms with Crippen molar-refractivity contribution in [2.24, 2.45) is 0 Å². The first-order valence-corrected chi connectivity index (χ1v) is 7.45. The first-order valence-electron chi connectivity index (χ1n) is 7.07. The average Bonchev–Trinajstić information content (AvgIpc) is 2.54. The van der Waals surface area contributed by atoms with E-state index in [1.807, 2.05) is 0 Å². The van der Waals surface area contributed by atoms with Gasteiger partial charge in [-0.3, -0.25) is 4.79 Å². The van der Waals surface area contributed by atoms with Gasteiger partial charge in [0.25, 0.3) is 5.91 Å². The molecule has 126 valence electrons. The number of rotatable bonds is 10. The summed E-state index contributed by atoms with van der Waals surface area (Å²) in [5.41, 5.74) is 0. The molecule has 1 amide bonds. The molecule has 0 radical (unpaired) electrons. The Balaban J connectivity index is 2.14. The molecule has 0 heterocycles. The fraction of sp³-hybridized carbons (Fsp3) is 0.375. The molecule has 0 aromatic heterocycles. The molecule has 0 bridgehead atoms. The summed E-state index contributed by atoms with van der Waals surface area (Å²) in [6.07, 6.45) is 0.781. The summed E-state index contributed by atoms with van der Waals surface area (Å²) in [5.74, 6) is -0.396. The van der Waals surface area contributed by atoms with Crippen molar-refractivity contribution in [2.45, 2.75) is 13.0 Å². The SMILES string of the molecule is C=CCOC(C)C(=O)OCC(=O)NCCOc1cccc(Cl)c1. The Hall–Kier alpha value is -2.05. The lowest BCUT2D eigenvalue weighted by atomic mass is 10.3. The number of hydrogen-bond acceptors (Lipinski definition) is 5. The number of carbonyl (C=O) groups is 2. The van der Waals surface area contributed by atoms with Crippen molar-refractivity contribution in [1.82, 2.24) is 5.32 Å². The standard InChI is InChI=1S/C16H20ClNO5/c1-3-8-21-12(2)16(20)23-11-15(19)18-7-9-22-14-6-4-5-13(17)10-14/h3-6,10,12H,1,7-9,11H2,2H3,(H,18,19). The van der Waals surface area contributed by atoms with Gasteiger partial charge in [-0.15, -0.1) is 6.58 Å². The van der Waals surface area contributed by atoms with Crippen molar-refractivity contribution in [3.63, 3.8) is 0 Å². The van der Waals surface area contributed by atoms with Crippen LogP contribution in [0.3, 0.4) is 0 Å². The van der Waals surface area contributed by atoms with E-state index < -0.39 is 18.0 Å². The monoisotopic (exact) mass is 341 g/mol. The van der Waals surface area contributed by atoms with E-state index in [2.05, 4.69) is 11.9 Å². The number of benzene rings is 1. The van der Waals surface area contributed by atoms with Crippen LogP contribution in [0, 0.1) is 0 Å². The topological polar surface area (TPSA) is 73.9 Å². The number of amides is 1. The normalized spacial score (nSPS) is 11.4. The highest BCUT2D eigenvalue weighted by atomic mass is 35.5. The maximum absolute atomic E-state index is 11.5. The molecule has 0 saturated heterocycles. The van der Waals surface area contributed by atoms with Gasteiger partial charge in [-0.05, 0) is 25.1 Å². The van der Waals surface area contributed by atoms with Gasteiger partial charge >= 0.3 is 5.97 Å². The molecule has 1 unspecified atom stereocenters. The van der Waals surface area contributed by atoms with Crippen molar-refractivity contribution in [2.75, 3.05) is 26.4 Å². The minimum atomic E-state index is -0.744. The van der Waals surface area contributed by atoms with Gasteiger partial charge in [0, 0.05) is 5.02 Å². The molecular formula is C16H20ClNO5. The van der Waals surface area contributed by atoms with Gasteiger partial charge in [0.2, 0.25) is 0 Å². The zero-order valence-electron chi connectivity index (χ0n) is 12.9. The lowest BCUT2D eigenvalue weighted by Gasteiger charge is -2.11. The number of carbonyl (C=O) groups excluding carboxylic acids is 2. The Morgan fingerprint density at radius 2 is 2.22 bits per heavy atom. The Morgan fingerprint density at radius 3 is 2.91 bits per heavy atom. The molecule has 1 rings (SSSR count). The first kappa shape index (κ1) is 19.0. The van der Waals surface area contributed by atoms with E-state index in [0.717, 1.165) is 0 Å². The highest BCUT2D eigenvalue weighted by molar-refractivity contribution is 6.30. The molecule has 7 heteroatoms. The Bertz CT molecular complexity index is 535. The number of nitrogens with one attached hydrogen (secondary N) is 1. The summed E-state index contributed by atoms with van der Waals surface area (Å²) in [6, 6.07) is 6.95. The molecule has 1 aromatic rings. The van der Waals surface area contributed by atoms with Crippen molar-refractivity contribution in [1.29, 1.82) is 0 Å². The van der Waals surface area contributed by atoms with Crippen molar-refractivity contribution >= 4 is 23.5 Å². The van der Waals surface area contributed by atoms with Crippen LogP contribution in [0.1, 0.15) is 6.92 Å². The minimum Gasteiger partial charge on any atom is -0.492 e. The molecule has 0 aliphatic heterocycles. The van der Waals surface area contributed by atoms with E-state index in [0.29, 0.717) is 10.8 Å². The molecule has 6 nitrogen and oxygen atoms in total. The number of esters is 1. The van der Waals surface area contributed by atoms with Crippen molar-refractivity contribution < 1.29 is 23.8 Å². The molecule has 1 atom stereocenters. The second-order valence-corrected chi connectivity index (χ2v) is 4.96. The maximum Gasteiger partial charge on any atom is 0.335 e. The lowest BCUT2D eigenvalue weighted by Crippen LogP contribution is -2.34. The van der Waals surface area contributed by atoms with Crippen LogP contribution in [0.15, 0.2) is 36.9 Å². The van der Waals surface area contributed by atoms with Gasteiger partial charge in [-0.25, -0.2) is 4.79 Å². The third-order valence-corrected chi connectivity index (χ3v) is 2.87. The zero-order chi connectivity index (χ0) is 17.1. The summed E-state index contributed by atoms with van der Waals surface area (Å²) in [6.45, 7) is 5.45. The Morgan fingerprint density at radius 1 is 1.43 bits per heavy atom. The lowest BCUT2D eigenvalue weighted by molar-refractivity contribution is -0.158. The number of hydrogen-bond donors (Lipinski definition) is 1. The highest BCUT2D eigenvalue weighted by Crippen LogP contribution is 2.16. The molecule has 0 aliphatic rings. The fourth-order valence-electron chi connectivity index (χ4n) is 1.50. The van der Waals surface area contributed by atoms with E-state index >= 15 is 0 Å². The largest absolute Gasteiger partial charge is 0.492 e. The molecule has 0 spiro atoms. The van der Waals surface area contributed by atoms with Crippen LogP contribution in [0.4, 0.5) is 0 Å². The van der Waals surface area contributed by atoms with E-state index in [4.69, 9.17) is 25.8 Å². The van der Waals surface area contributed by atoms with Gasteiger partial charge in [0.15, 0.2) is 12.7 Å². The van der Waals surface area contributed by atoms with Crippen LogP contribution in [-0.2, 0) is 19.1 Å². The van der Waals surface area contributed by atoms with Crippen LogP contribution in [0.2, 0.25) is 5.02 Å². The third kappa shape index (κ3) is 8.23. The van der Waals surface area contributed by atoms with Crippen LogP contribution in [0.25, 0.3) is 0 Å². The molecule has 1 aromatic carbocycles. The molecule has 0 fully saturated rings. The van der Waals surface area contributed by atoms with Crippen LogP contribution in [-0.4, -0.2) is 44.3 Å². The summed E-state index contributed by atoms with van der Waals surface area (Å²) in [7, 11) is 0. The van der Waals surface area contributed by atoms with Gasteiger partial charge < -0.3 is 19.5 Å². The summed E-state index contributed by atoms with van der Waals surface area (Å²) in [5, 5.41) is 3.15. The van der Waals surface area contributed by atoms with Gasteiger partial charge in [-0.1, -0.05) is 23.7 Å². The number of halogens is 1. The second kappa shape index (κ2) is 10.6. The van der Waals surface area contributed by atoms with Gasteiger partial charge in [0.05, 0.1) is 13.2 Å². The Kier molecular flexibility index (Phi) is 8.79. The molecule has 0 saturated carbocycles. The van der Waals surface area contributed by atoms with Crippen molar-refractivity contribution in [3.05, 3.63) is 41.9 Å². The van der Waals surface area contributed by atoms with E-state index in [1.54, 1.807) is 31.2 Å². The second-order valence-electron chi connectivity index (χ2n) is 4.53. The van der Waals surface area contributed by atoms with E-state index in [1.165, 1.54) is 6.08 Å². The van der Waals surface area contributed by atoms with Crippen molar-refractivity contribution in [3.8, 4) is 5.75 Å². The van der Waals surface area contributed by atoms with Gasteiger partial charge in [0.1, 0.15) is 12.4 Å². The highest BCUT2D eigenvalue weighted by Gasteiger charge is 2.15. The predicted octanol–water partition coefficient (Wildman–Crippen LogP) is 1.97. The van der Waals surface area contributed by atoms with E-state index in [9.17, 15) is 9.59 Å². The van der Waals surface area contributed by atoms with Crippen LogP contribution in [0.5, 0.6) is 5.75 Å². The first-order chi connectivity index (χ1) is 11.0. The predicted molar refractivity (Wildman–Crippen MR) is 86.5 cm³/mol. The fourth-order valence-corrected chi connectivity index (χ4v) is 1.68. The average molecular weight is 342 g/mol. The van der Waals surface area contributed by atoms with E-state index in [-0.39, 0.29) is 26.4 Å². The summed E-state index contributed by atoms with van der Waals surface area (Å²) < 4.78 is 15.3. The zero-order valence-corrected chi connectivity index (χ0v) is 13.7. The third-order valence-electron chi connectivity index (χ3n) is 2.63. The van der Waals surface area contributed by atoms with Gasteiger partial charge in [-0.2, -0.15) is 0 Å². The quantitative estimate of drug-likeness (QED) is 0.400. The summed E-state index contributed by atoms with van der Waals surface area (Å²) >= 11 is 5.82. The minimum absolute atomic E-state index is 0.239. The summed E-state index contributed by atoms with van der Waals surface area (Å²) in [4.78, 5) is 23.0. The van der Waals surface area contributed by atoms with Crippen LogP contribution < -0.4 is 10.1 Å².